The third kappa shape index (κ3) is 2.51. The van der Waals surface area contributed by atoms with Crippen LogP contribution in [0.15, 0.2) is 34.9 Å². The highest BCUT2D eigenvalue weighted by Crippen LogP contribution is 2.32. The van der Waals surface area contributed by atoms with E-state index in [-0.39, 0.29) is 0 Å². The van der Waals surface area contributed by atoms with Gasteiger partial charge in [-0.05, 0) is 42.3 Å². The van der Waals surface area contributed by atoms with Crippen molar-refractivity contribution < 1.29 is 9.15 Å². The number of fused-ring (bicyclic) bond motifs is 1. The second-order valence-corrected chi connectivity index (χ2v) is 4.86. The van der Waals surface area contributed by atoms with Gasteiger partial charge in [0.2, 0.25) is 0 Å². The first-order chi connectivity index (χ1) is 9.38. The Labute approximate surface area is 113 Å². The summed E-state index contributed by atoms with van der Waals surface area (Å²) in [6.45, 7) is 4.76. The Morgan fingerprint density at radius 3 is 3.11 bits per heavy atom. The summed E-state index contributed by atoms with van der Waals surface area (Å²) in [5, 5.41) is 3.38. The molecule has 2 aromatic rings. The van der Waals surface area contributed by atoms with Crippen molar-refractivity contribution in [2.75, 3.05) is 13.2 Å². The zero-order chi connectivity index (χ0) is 13.1. The highest BCUT2D eigenvalue weighted by molar-refractivity contribution is 5.67. The van der Waals surface area contributed by atoms with Gasteiger partial charge in [-0.15, -0.1) is 0 Å². The van der Waals surface area contributed by atoms with Crippen LogP contribution in [0.4, 0.5) is 0 Å². The van der Waals surface area contributed by atoms with Crippen molar-refractivity contribution in [1.29, 1.82) is 0 Å². The average molecular weight is 257 g/mol. The second-order valence-electron chi connectivity index (χ2n) is 4.86. The lowest BCUT2D eigenvalue weighted by molar-refractivity contribution is 0.357. The molecule has 0 fully saturated rings. The Kier molecular flexibility index (Phi) is 3.56. The monoisotopic (exact) mass is 257 g/mol. The zero-order valence-electron chi connectivity index (χ0n) is 11.2. The molecule has 0 atom stereocenters. The lowest BCUT2D eigenvalue weighted by Crippen LogP contribution is -2.13. The lowest BCUT2D eigenvalue weighted by atomic mass is 10.0. The molecule has 0 saturated carbocycles. The highest BCUT2D eigenvalue weighted by atomic mass is 16.5. The van der Waals surface area contributed by atoms with Crippen LogP contribution in [0.25, 0.3) is 11.1 Å². The van der Waals surface area contributed by atoms with Gasteiger partial charge in [0.05, 0.1) is 19.4 Å². The third-order valence-corrected chi connectivity index (χ3v) is 3.46. The summed E-state index contributed by atoms with van der Waals surface area (Å²) in [6.07, 6.45) is 3.90. The molecule has 0 amide bonds. The molecule has 0 saturated heterocycles. The number of furan rings is 1. The topological polar surface area (TPSA) is 34.4 Å². The maximum Gasteiger partial charge on any atom is 0.125 e. The minimum Gasteiger partial charge on any atom is -0.493 e. The van der Waals surface area contributed by atoms with Crippen LogP contribution in [0.2, 0.25) is 0 Å². The van der Waals surface area contributed by atoms with Crippen LogP contribution in [-0.4, -0.2) is 13.2 Å². The number of rotatable bonds is 5. The van der Waals surface area contributed by atoms with E-state index in [1.807, 2.05) is 6.07 Å². The van der Waals surface area contributed by atoms with E-state index < -0.39 is 0 Å². The minimum absolute atomic E-state index is 0.782. The molecule has 0 bridgehead atoms. The molecule has 3 nitrogen and oxygen atoms in total. The maximum absolute atomic E-state index is 5.59. The quantitative estimate of drug-likeness (QED) is 0.834. The molecule has 0 radical (unpaired) electrons. The van der Waals surface area contributed by atoms with E-state index in [2.05, 4.69) is 30.4 Å². The molecule has 1 aromatic heterocycles. The standard InChI is InChI=1S/C16H19NO2/c1-2-7-17-11-16-14(6-9-19-16)12-3-4-15-13(10-12)5-8-18-15/h3-4,6,9-10,17H,2,5,7-8,11H2,1H3. The summed E-state index contributed by atoms with van der Waals surface area (Å²) >= 11 is 0. The smallest absolute Gasteiger partial charge is 0.125 e. The number of hydrogen-bond donors (Lipinski definition) is 1. The summed E-state index contributed by atoms with van der Waals surface area (Å²) in [5.41, 5.74) is 3.69. The van der Waals surface area contributed by atoms with Gasteiger partial charge >= 0.3 is 0 Å². The molecule has 0 aliphatic carbocycles. The van der Waals surface area contributed by atoms with E-state index >= 15 is 0 Å². The van der Waals surface area contributed by atoms with Crippen LogP contribution in [0.5, 0.6) is 5.75 Å². The molecule has 0 spiro atoms. The number of hydrogen-bond acceptors (Lipinski definition) is 3. The van der Waals surface area contributed by atoms with Crippen molar-refractivity contribution in [1.82, 2.24) is 5.32 Å². The summed E-state index contributed by atoms with van der Waals surface area (Å²) in [7, 11) is 0. The highest BCUT2D eigenvalue weighted by Gasteiger charge is 2.15. The van der Waals surface area contributed by atoms with Crippen LogP contribution >= 0.6 is 0 Å². The number of ether oxygens (including phenoxy) is 1. The van der Waals surface area contributed by atoms with Gasteiger partial charge in [-0.25, -0.2) is 0 Å². The van der Waals surface area contributed by atoms with Gasteiger partial charge < -0.3 is 14.5 Å². The lowest BCUT2D eigenvalue weighted by Gasteiger charge is -2.06. The summed E-state index contributed by atoms with van der Waals surface area (Å²) in [6, 6.07) is 8.43. The van der Waals surface area contributed by atoms with E-state index in [9.17, 15) is 0 Å². The van der Waals surface area contributed by atoms with Crippen LogP contribution < -0.4 is 10.1 Å². The van der Waals surface area contributed by atoms with Crippen molar-refractivity contribution in [3.63, 3.8) is 0 Å². The molecule has 1 aromatic carbocycles. The minimum atomic E-state index is 0.782. The van der Waals surface area contributed by atoms with Crippen molar-refractivity contribution in [3.05, 3.63) is 41.9 Å². The third-order valence-electron chi connectivity index (χ3n) is 3.46. The molecule has 19 heavy (non-hydrogen) atoms. The maximum atomic E-state index is 5.59. The normalized spacial score (nSPS) is 13.3. The molecule has 3 heteroatoms. The van der Waals surface area contributed by atoms with Crippen LogP contribution in [0.1, 0.15) is 24.7 Å². The van der Waals surface area contributed by atoms with Gasteiger partial charge in [-0.2, -0.15) is 0 Å². The van der Waals surface area contributed by atoms with Gasteiger partial charge in [-0.3, -0.25) is 0 Å². The van der Waals surface area contributed by atoms with Crippen LogP contribution in [0.3, 0.4) is 0 Å². The Morgan fingerprint density at radius 2 is 2.21 bits per heavy atom. The van der Waals surface area contributed by atoms with E-state index in [0.717, 1.165) is 44.0 Å². The van der Waals surface area contributed by atoms with E-state index in [1.165, 1.54) is 16.7 Å². The summed E-state index contributed by atoms with van der Waals surface area (Å²) in [4.78, 5) is 0. The Morgan fingerprint density at radius 1 is 1.26 bits per heavy atom. The molecule has 0 unspecified atom stereocenters. The molecule has 1 aliphatic heterocycles. The summed E-state index contributed by atoms with van der Waals surface area (Å²) < 4.78 is 11.1. The summed E-state index contributed by atoms with van der Waals surface area (Å²) in [5.74, 6) is 2.03. The number of nitrogens with one attached hydrogen (secondary N) is 1. The van der Waals surface area contributed by atoms with Crippen molar-refractivity contribution in [2.24, 2.45) is 0 Å². The molecular formula is C16H19NO2. The van der Waals surface area contributed by atoms with Crippen LogP contribution in [-0.2, 0) is 13.0 Å². The van der Waals surface area contributed by atoms with Gasteiger partial charge in [-0.1, -0.05) is 13.0 Å². The van der Waals surface area contributed by atoms with Gasteiger partial charge in [0.1, 0.15) is 11.5 Å². The van der Waals surface area contributed by atoms with E-state index in [1.54, 1.807) is 6.26 Å². The second kappa shape index (κ2) is 5.49. The largest absolute Gasteiger partial charge is 0.493 e. The fraction of sp³-hybridized carbons (Fsp3) is 0.375. The molecule has 100 valence electrons. The Bertz CT molecular complexity index is 560. The number of benzene rings is 1. The molecular weight excluding hydrogens is 238 g/mol. The molecule has 1 aliphatic rings. The molecule has 1 N–H and O–H groups in total. The van der Waals surface area contributed by atoms with Gasteiger partial charge in [0.25, 0.3) is 0 Å². The predicted octanol–water partition coefficient (Wildman–Crippen LogP) is 3.38. The Hall–Kier alpha value is -1.74. The van der Waals surface area contributed by atoms with Gasteiger partial charge in [0.15, 0.2) is 0 Å². The fourth-order valence-electron chi connectivity index (χ4n) is 2.47. The van der Waals surface area contributed by atoms with Crippen molar-refractivity contribution >= 4 is 0 Å². The van der Waals surface area contributed by atoms with Crippen molar-refractivity contribution in [2.45, 2.75) is 26.3 Å². The van der Waals surface area contributed by atoms with Gasteiger partial charge in [0, 0.05) is 12.0 Å². The Balaban J connectivity index is 1.84. The first kappa shape index (κ1) is 12.3. The van der Waals surface area contributed by atoms with Crippen molar-refractivity contribution in [3.8, 4) is 16.9 Å². The fourth-order valence-corrected chi connectivity index (χ4v) is 2.47. The van der Waals surface area contributed by atoms with E-state index in [0.29, 0.717) is 0 Å². The first-order valence-electron chi connectivity index (χ1n) is 6.91. The van der Waals surface area contributed by atoms with E-state index in [4.69, 9.17) is 9.15 Å². The average Bonchev–Trinajstić information content (AvgIpc) is 3.06. The van der Waals surface area contributed by atoms with Crippen LogP contribution in [0, 0.1) is 0 Å². The zero-order valence-corrected chi connectivity index (χ0v) is 11.2. The first-order valence-corrected chi connectivity index (χ1v) is 6.91. The molecule has 3 rings (SSSR count). The molecule has 2 heterocycles. The predicted molar refractivity (Wildman–Crippen MR) is 75.3 cm³/mol. The SMILES string of the molecule is CCCNCc1occc1-c1ccc2c(c1)CCO2.